The van der Waals surface area contributed by atoms with Gasteiger partial charge in [0.1, 0.15) is 5.75 Å². The van der Waals surface area contributed by atoms with Crippen LogP contribution in [0.1, 0.15) is 26.7 Å². The molecule has 0 N–H and O–H groups in total. The molecular weight excluding hydrogens is 228 g/mol. The van der Waals surface area contributed by atoms with E-state index >= 15 is 0 Å². The fourth-order valence-electron chi connectivity index (χ4n) is 1.49. The Labute approximate surface area is 100 Å². The summed E-state index contributed by atoms with van der Waals surface area (Å²) in [4.78, 5) is 0. The van der Waals surface area contributed by atoms with Crippen LogP contribution in [0.5, 0.6) is 5.75 Å². The lowest BCUT2D eigenvalue weighted by Gasteiger charge is -2.16. The number of hydrogen-bond acceptors (Lipinski definition) is 1. The maximum absolute atomic E-state index is 12.5. The van der Waals surface area contributed by atoms with E-state index in [0.29, 0.717) is 18.3 Å². The van der Waals surface area contributed by atoms with Gasteiger partial charge in [0.25, 0.3) is 0 Å². The standard InChI is InChI=1S/C12H17BF3O/c1-10(2)5-4-8-17-12-7-3-6-11(9-12)13(14,15)16/h3,6-7,9-10H,4-5,8H2,1-2H3/q-1. The Morgan fingerprint density at radius 1 is 1.24 bits per heavy atom. The minimum Gasteiger partial charge on any atom is -0.494 e. The topological polar surface area (TPSA) is 9.23 Å². The van der Waals surface area contributed by atoms with Gasteiger partial charge < -0.3 is 17.7 Å². The van der Waals surface area contributed by atoms with E-state index in [4.69, 9.17) is 4.74 Å². The predicted octanol–water partition coefficient (Wildman–Crippen LogP) is 3.56. The molecule has 1 aromatic rings. The fourth-order valence-corrected chi connectivity index (χ4v) is 1.49. The van der Waals surface area contributed by atoms with E-state index in [-0.39, 0.29) is 0 Å². The highest BCUT2D eigenvalue weighted by Crippen LogP contribution is 2.15. The SMILES string of the molecule is CC(C)CCCOc1cccc([B-](F)(F)F)c1. The van der Waals surface area contributed by atoms with E-state index < -0.39 is 12.4 Å². The third kappa shape index (κ3) is 5.15. The summed E-state index contributed by atoms with van der Waals surface area (Å²) < 4.78 is 42.7. The van der Waals surface area contributed by atoms with E-state index in [1.807, 2.05) is 0 Å². The van der Waals surface area contributed by atoms with Crippen LogP contribution in [0.4, 0.5) is 12.9 Å². The lowest BCUT2D eigenvalue weighted by molar-refractivity contribution is 0.298. The zero-order valence-electron chi connectivity index (χ0n) is 10.1. The van der Waals surface area contributed by atoms with Crippen molar-refractivity contribution in [3.63, 3.8) is 0 Å². The Morgan fingerprint density at radius 2 is 1.94 bits per heavy atom. The summed E-state index contributed by atoms with van der Waals surface area (Å²) in [6.07, 6.45) is 1.88. The maximum atomic E-state index is 12.5. The van der Waals surface area contributed by atoms with Crippen molar-refractivity contribution >= 4 is 12.4 Å². The smallest absolute Gasteiger partial charge is 0.494 e. The first-order valence-corrected chi connectivity index (χ1v) is 5.82. The third-order valence-electron chi connectivity index (χ3n) is 2.43. The average molecular weight is 245 g/mol. The van der Waals surface area contributed by atoms with Crippen molar-refractivity contribution < 1.29 is 17.7 Å². The van der Waals surface area contributed by atoms with E-state index in [1.54, 1.807) is 6.07 Å². The second kappa shape index (κ2) is 5.98. The number of rotatable bonds is 6. The van der Waals surface area contributed by atoms with Gasteiger partial charge in [0.05, 0.1) is 6.61 Å². The second-order valence-electron chi connectivity index (χ2n) is 4.53. The molecule has 0 saturated carbocycles. The van der Waals surface area contributed by atoms with Crippen LogP contribution in [0, 0.1) is 5.92 Å². The third-order valence-corrected chi connectivity index (χ3v) is 2.43. The van der Waals surface area contributed by atoms with Gasteiger partial charge in [-0.25, -0.2) is 0 Å². The van der Waals surface area contributed by atoms with Gasteiger partial charge in [0.15, 0.2) is 0 Å². The fraction of sp³-hybridized carbons (Fsp3) is 0.500. The molecule has 0 aromatic heterocycles. The Bertz CT molecular complexity index is 350. The molecule has 0 bridgehead atoms. The summed E-state index contributed by atoms with van der Waals surface area (Å²) in [6, 6.07) is 5.07. The van der Waals surface area contributed by atoms with E-state index in [2.05, 4.69) is 13.8 Å². The van der Waals surface area contributed by atoms with Crippen LogP contribution in [0.2, 0.25) is 0 Å². The minimum absolute atomic E-state index is 0.297. The zero-order valence-corrected chi connectivity index (χ0v) is 10.1. The van der Waals surface area contributed by atoms with Crippen molar-refractivity contribution in [1.82, 2.24) is 0 Å². The Balaban J connectivity index is 2.49. The second-order valence-corrected chi connectivity index (χ2v) is 4.53. The van der Waals surface area contributed by atoms with Crippen molar-refractivity contribution in [3.8, 4) is 5.75 Å². The summed E-state index contributed by atoms with van der Waals surface area (Å²) in [7, 11) is 0. The highest BCUT2D eigenvalue weighted by Gasteiger charge is 2.25. The van der Waals surface area contributed by atoms with Crippen molar-refractivity contribution in [3.05, 3.63) is 24.3 Å². The molecule has 0 radical (unpaired) electrons. The van der Waals surface area contributed by atoms with Gasteiger partial charge in [-0.15, -0.1) is 5.46 Å². The van der Waals surface area contributed by atoms with E-state index in [9.17, 15) is 12.9 Å². The van der Waals surface area contributed by atoms with Crippen molar-refractivity contribution in [2.75, 3.05) is 6.61 Å². The molecule has 0 atom stereocenters. The molecule has 0 unspecified atom stereocenters. The van der Waals surface area contributed by atoms with Gasteiger partial charge in [0.2, 0.25) is 0 Å². The molecule has 5 heteroatoms. The Hall–Kier alpha value is -1.13. The van der Waals surface area contributed by atoms with Gasteiger partial charge >= 0.3 is 6.98 Å². The predicted molar refractivity (Wildman–Crippen MR) is 64.7 cm³/mol. The molecule has 1 aromatic carbocycles. The summed E-state index contributed by atoms with van der Waals surface area (Å²) in [5, 5.41) is 0. The van der Waals surface area contributed by atoms with Gasteiger partial charge in [0, 0.05) is 0 Å². The average Bonchev–Trinajstić information content (AvgIpc) is 2.23. The molecule has 0 spiro atoms. The number of hydrogen-bond donors (Lipinski definition) is 0. The van der Waals surface area contributed by atoms with Crippen LogP contribution in [0.15, 0.2) is 24.3 Å². The lowest BCUT2D eigenvalue weighted by Crippen LogP contribution is -2.33. The number of halogens is 3. The van der Waals surface area contributed by atoms with Gasteiger partial charge in [-0.3, -0.25) is 0 Å². The summed E-state index contributed by atoms with van der Waals surface area (Å²) in [6.45, 7) is -0.266. The summed E-state index contributed by atoms with van der Waals surface area (Å²) >= 11 is 0. The first kappa shape index (κ1) is 13.9. The van der Waals surface area contributed by atoms with Crippen molar-refractivity contribution in [2.24, 2.45) is 5.92 Å². The number of ether oxygens (including phenoxy) is 1. The van der Waals surface area contributed by atoms with E-state index in [1.165, 1.54) is 6.07 Å². The van der Waals surface area contributed by atoms with Crippen LogP contribution in [-0.4, -0.2) is 13.6 Å². The van der Waals surface area contributed by atoms with Crippen LogP contribution in [0.25, 0.3) is 0 Å². The van der Waals surface area contributed by atoms with Crippen LogP contribution in [0.3, 0.4) is 0 Å². The monoisotopic (exact) mass is 245 g/mol. The molecule has 0 aliphatic carbocycles. The zero-order chi connectivity index (χ0) is 12.9. The highest BCUT2D eigenvalue weighted by molar-refractivity contribution is 6.73. The largest absolute Gasteiger partial charge is 0.509 e. The molecule has 0 saturated heterocycles. The summed E-state index contributed by atoms with van der Waals surface area (Å²) in [5.74, 6) is 0.883. The van der Waals surface area contributed by atoms with Crippen LogP contribution < -0.4 is 10.2 Å². The molecule has 0 amide bonds. The van der Waals surface area contributed by atoms with Crippen LogP contribution in [-0.2, 0) is 0 Å². The van der Waals surface area contributed by atoms with Crippen molar-refractivity contribution in [2.45, 2.75) is 26.7 Å². The molecule has 0 heterocycles. The van der Waals surface area contributed by atoms with Gasteiger partial charge in [-0.1, -0.05) is 26.0 Å². The lowest BCUT2D eigenvalue weighted by atomic mass is 9.80. The van der Waals surface area contributed by atoms with Gasteiger partial charge in [-0.05, 0) is 30.9 Å². The minimum atomic E-state index is -4.94. The first-order chi connectivity index (χ1) is 7.89. The summed E-state index contributed by atoms with van der Waals surface area (Å²) in [5.41, 5.74) is -0.605. The molecule has 0 aliphatic heterocycles. The van der Waals surface area contributed by atoms with Gasteiger partial charge in [-0.2, -0.15) is 0 Å². The Morgan fingerprint density at radius 3 is 2.53 bits per heavy atom. The molecule has 17 heavy (non-hydrogen) atoms. The molecule has 0 aliphatic rings. The molecule has 0 fully saturated rings. The van der Waals surface area contributed by atoms with Crippen molar-refractivity contribution in [1.29, 1.82) is 0 Å². The van der Waals surface area contributed by atoms with Crippen LogP contribution >= 0.6 is 0 Å². The number of benzene rings is 1. The normalized spacial score (nSPS) is 11.9. The highest BCUT2D eigenvalue weighted by atomic mass is 19.4. The Kier molecular flexibility index (Phi) is 4.91. The van der Waals surface area contributed by atoms with E-state index in [0.717, 1.165) is 25.0 Å². The quantitative estimate of drug-likeness (QED) is 0.550. The maximum Gasteiger partial charge on any atom is 0.509 e. The molecule has 1 rings (SSSR count). The molecule has 1 nitrogen and oxygen atoms in total. The first-order valence-electron chi connectivity index (χ1n) is 5.82. The molecular formula is C12H17BF3O-. The molecule has 96 valence electrons.